The number of pyridine rings is 1. The summed E-state index contributed by atoms with van der Waals surface area (Å²) < 4.78 is 41.0. The Morgan fingerprint density at radius 2 is 1.80 bits per heavy atom. The van der Waals surface area contributed by atoms with E-state index in [1.165, 1.54) is 6.20 Å². The maximum Gasteiger partial charge on any atom is 0.417 e. The Morgan fingerprint density at radius 1 is 1.00 bits per heavy atom. The second kappa shape index (κ2) is 10.7. The minimum absolute atomic E-state index is 0.00415. The molecule has 0 radical (unpaired) electrons. The maximum atomic E-state index is 13.1. The number of carbonyl (C=O) groups excluding carboxylic acids is 1. The number of amides is 1. The minimum Gasteiger partial charge on any atom is -0.367 e. The van der Waals surface area contributed by atoms with Crippen molar-refractivity contribution < 1.29 is 18.0 Å². The van der Waals surface area contributed by atoms with Crippen molar-refractivity contribution in [3.63, 3.8) is 0 Å². The molecule has 3 aromatic heterocycles. The van der Waals surface area contributed by atoms with Crippen LogP contribution in [0.15, 0.2) is 55.1 Å². The van der Waals surface area contributed by atoms with Crippen LogP contribution in [0.2, 0.25) is 0 Å². The van der Waals surface area contributed by atoms with Gasteiger partial charge in [0, 0.05) is 63.1 Å². The Balaban J connectivity index is 1.19. The summed E-state index contributed by atoms with van der Waals surface area (Å²) in [5.41, 5.74) is 3.37. The number of rotatable bonds is 5. The average Bonchev–Trinajstić information content (AvgIpc) is 3.60. The molecule has 214 valence electrons. The van der Waals surface area contributed by atoms with Gasteiger partial charge in [-0.15, -0.1) is 0 Å². The molecule has 41 heavy (non-hydrogen) atoms. The molecule has 1 aromatic carbocycles. The Labute approximate surface area is 235 Å². The SMILES string of the molecule is Cc1ccc(C(=O)Nc2cncc(C(F)(F)F)c2)cc1[C@@H]1CCN(c2cnn3ccc(N4CCN(C)CC4)nc23)C1. The first-order valence-electron chi connectivity index (χ1n) is 13.6. The maximum absolute atomic E-state index is 13.1. The number of hydrogen-bond donors (Lipinski definition) is 1. The zero-order chi connectivity index (χ0) is 28.7. The number of anilines is 3. The topological polar surface area (TPSA) is 81.9 Å². The van der Waals surface area contributed by atoms with E-state index in [9.17, 15) is 18.0 Å². The molecule has 0 spiro atoms. The van der Waals surface area contributed by atoms with E-state index in [1.807, 2.05) is 37.5 Å². The van der Waals surface area contributed by atoms with Crippen molar-refractivity contribution in [2.75, 3.05) is 61.4 Å². The zero-order valence-corrected chi connectivity index (χ0v) is 22.9. The number of aryl methyl sites for hydroxylation is 1. The van der Waals surface area contributed by atoms with E-state index in [0.717, 1.165) is 86.2 Å². The van der Waals surface area contributed by atoms with E-state index in [0.29, 0.717) is 5.56 Å². The number of halogens is 3. The van der Waals surface area contributed by atoms with Crippen molar-refractivity contribution in [3.8, 4) is 0 Å². The van der Waals surface area contributed by atoms with E-state index in [4.69, 9.17) is 4.98 Å². The molecule has 4 aromatic rings. The molecule has 0 unspecified atom stereocenters. The van der Waals surface area contributed by atoms with Crippen LogP contribution in [0.4, 0.5) is 30.4 Å². The quantitative estimate of drug-likeness (QED) is 0.384. The number of fused-ring (bicyclic) bond motifs is 1. The molecular weight excluding hydrogens is 533 g/mol. The van der Waals surface area contributed by atoms with Gasteiger partial charge in [-0.3, -0.25) is 9.78 Å². The number of piperazine rings is 1. The Bertz CT molecular complexity index is 1580. The Kier molecular flexibility index (Phi) is 7.02. The lowest BCUT2D eigenvalue weighted by Crippen LogP contribution is -2.44. The monoisotopic (exact) mass is 564 g/mol. The van der Waals surface area contributed by atoms with Gasteiger partial charge in [0.15, 0.2) is 5.65 Å². The molecule has 2 aliphatic rings. The first kappa shape index (κ1) is 27.0. The van der Waals surface area contributed by atoms with Crippen molar-refractivity contribution in [1.29, 1.82) is 0 Å². The van der Waals surface area contributed by atoms with Crippen LogP contribution in [-0.4, -0.2) is 76.7 Å². The van der Waals surface area contributed by atoms with Gasteiger partial charge in [0.25, 0.3) is 5.91 Å². The fraction of sp³-hybridized carbons (Fsp3) is 0.379. The first-order valence-corrected chi connectivity index (χ1v) is 13.6. The largest absolute Gasteiger partial charge is 0.417 e. The van der Waals surface area contributed by atoms with Crippen molar-refractivity contribution in [2.45, 2.75) is 25.4 Å². The number of likely N-dealkylation sites (N-methyl/N-ethyl adjacent to an activating group) is 1. The highest BCUT2D eigenvalue weighted by atomic mass is 19.4. The number of alkyl halides is 3. The summed E-state index contributed by atoms with van der Waals surface area (Å²) in [4.78, 5) is 28.5. The highest BCUT2D eigenvalue weighted by Crippen LogP contribution is 2.35. The third-order valence-electron chi connectivity index (χ3n) is 8.00. The van der Waals surface area contributed by atoms with E-state index >= 15 is 0 Å². The molecule has 2 saturated heterocycles. The van der Waals surface area contributed by atoms with Gasteiger partial charge < -0.3 is 20.0 Å². The molecule has 1 amide bonds. The van der Waals surface area contributed by atoms with Crippen molar-refractivity contribution >= 4 is 28.7 Å². The minimum atomic E-state index is -4.54. The smallest absolute Gasteiger partial charge is 0.367 e. The van der Waals surface area contributed by atoms with Crippen molar-refractivity contribution in [3.05, 3.63) is 77.4 Å². The van der Waals surface area contributed by atoms with Gasteiger partial charge in [0.1, 0.15) is 11.5 Å². The molecule has 9 nitrogen and oxygen atoms in total. The lowest BCUT2D eigenvalue weighted by molar-refractivity contribution is -0.137. The average molecular weight is 565 g/mol. The molecule has 6 rings (SSSR count). The molecule has 0 aliphatic carbocycles. The van der Waals surface area contributed by atoms with E-state index in [-0.39, 0.29) is 11.6 Å². The fourth-order valence-corrected chi connectivity index (χ4v) is 5.60. The van der Waals surface area contributed by atoms with E-state index in [1.54, 1.807) is 10.6 Å². The van der Waals surface area contributed by atoms with Crippen molar-refractivity contribution in [2.24, 2.45) is 0 Å². The van der Waals surface area contributed by atoms with Crippen LogP contribution >= 0.6 is 0 Å². The lowest BCUT2D eigenvalue weighted by atomic mass is 9.92. The summed E-state index contributed by atoms with van der Waals surface area (Å²) >= 11 is 0. The van der Waals surface area contributed by atoms with Crippen molar-refractivity contribution in [1.82, 2.24) is 24.5 Å². The standard InChI is InChI=1S/C29H31F3N8O/c1-19-3-4-20(28(41)35-23-14-22(15-33-16-23)29(30,31)32)13-24(19)21-5-7-39(18-21)25-17-34-40-8-6-26(36-27(25)40)38-11-9-37(2)10-12-38/h3-4,6,8,13-17,21H,5,7,9-12,18H2,1-2H3,(H,35,41)/t21-/m1/s1. The predicted molar refractivity (Wildman–Crippen MR) is 151 cm³/mol. The van der Waals surface area contributed by atoms with Gasteiger partial charge in [-0.25, -0.2) is 9.50 Å². The summed E-state index contributed by atoms with van der Waals surface area (Å²) in [7, 11) is 2.13. The summed E-state index contributed by atoms with van der Waals surface area (Å²) in [6.45, 7) is 7.43. The normalized spacial score (nSPS) is 18.3. The van der Waals surface area contributed by atoms with Crippen LogP contribution < -0.4 is 15.1 Å². The summed E-state index contributed by atoms with van der Waals surface area (Å²) in [5.74, 6) is 0.646. The predicted octanol–water partition coefficient (Wildman–Crippen LogP) is 4.45. The van der Waals surface area contributed by atoms with Crippen LogP contribution in [0.25, 0.3) is 5.65 Å². The Hall–Kier alpha value is -4.19. The highest BCUT2D eigenvalue weighted by molar-refractivity contribution is 6.04. The molecule has 0 saturated carbocycles. The highest BCUT2D eigenvalue weighted by Gasteiger charge is 2.31. The lowest BCUT2D eigenvalue weighted by Gasteiger charge is -2.33. The van der Waals surface area contributed by atoms with Gasteiger partial charge >= 0.3 is 6.18 Å². The summed E-state index contributed by atoms with van der Waals surface area (Å²) in [6, 6.07) is 8.32. The number of benzene rings is 1. The number of hydrogen-bond acceptors (Lipinski definition) is 7. The van der Waals surface area contributed by atoms with E-state index < -0.39 is 17.6 Å². The molecular formula is C29H31F3N8O. The number of nitrogens with one attached hydrogen (secondary N) is 1. The van der Waals surface area contributed by atoms with Crippen LogP contribution in [0, 0.1) is 6.92 Å². The molecule has 0 bridgehead atoms. The third-order valence-corrected chi connectivity index (χ3v) is 8.00. The van der Waals surface area contributed by atoms with Gasteiger partial charge in [0.2, 0.25) is 0 Å². The summed E-state index contributed by atoms with van der Waals surface area (Å²) in [5, 5.41) is 7.09. The first-order chi connectivity index (χ1) is 19.7. The third kappa shape index (κ3) is 5.56. The second-order valence-electron chi connectivity index (χ2n) is 10.8. The van der Waals surface area contributed by atoms with Gasteiger partial charge in [-0.05, 0) is 55.8 Å². The number of aromatic nitrogens is 4. The Morgan fingerprint density at radius 3 is 2.59 bits per heavy atom. The van der Waals surface area contributed by atoms with E-state index in [2.05, 4.69) is 37.1 Å². The van der Waals surface area contributed by atoms with Gasteiger partial charge in [0.05, 0.1) is 23.6 Å². The number of nitrogens with zero attached hydrogens (tertiary/aromatic N) is 7. The van der Waals surface area contributed by atoms with Crippen LogP contribution in [0.5, 0.6) is 0 Å². The van der Waals surface area contributed by atoms with Gasteiger partial charge in [-0.2, -0.15) is 18.3 Å². The fourth-order valence-electron chi connectivity index (χ4n) is 5.60. The molecule has 1 atom stereocenters. The molecule has 5 heterocycles. The second-order valence-corrected chi connectivity index (χ2v) is 10.8. The molecule has 1 N–H and O–H groups in total. The molecule has 2 aliphatic heterocycles. The van der Waals surface area contributed by atoms with Crippen LogP contribution in [-0.2, 0) is 6.18 Å². The van der Waals surface area contributed by atoms with Gasteiger partial charge in [-0.1, -0.05) is 6.07 Å². The molecule has 12 heteroatoms. The molecule has 2 fully saturated rings. The van der Waals surface area contributed by atoms with Crippen LogP contribution in [0.1, 0.15) is 39.4 Å². The van der Waals surface area contributed by atoms with Crippen LogP contribution in [0.3, 0.4) is 0 Å². The summed E-state index contributed by atoms with van der Waals surface area (Å²) in [6.07, 6.45) is 2.10. The zero-order valence-electron chi connectivity index (χ0n) is 22.9. The number of carbonyl (C=O) groups is 1.